The van der Waals surface area contributed by atoms with Crippen molar-refractivity contribution in [1.29, 1.82) is 0 Å². The molecule has 1 saturated heterocycles. The summed E-state index contributed by atoms with van der Waals surface area (Å²) in [5, 5.41) is 2.89. The van der Waals surface area contributed by atoms with Crippen LogP contribution in [0.1, 0.15) is 6.92 Å². The molecule has 2 aromatic rings. The highest BCUT2D eigenvalue weighted by atomic mass is 79.9. The van der Waals surface area contributed by atoms with E-state index in [0.29, 0.717) is 5.75 Å². The van der Waals surface area contributed by atoms with Gasteiger partial charge in [-0.2, -0.15) is 0 Å². The smallest absolute Gasteiger partial charge is 0.265 e. The van der Waals surface area contributed by atoms with Crippen molar-refractivity contribution in [1.82, 2.24) is 0 Å². The Morgan fingerprint density at radius 1 is 1.12 bits per heavy atom. The van der Waals surface area contributed by atoms with Gasteiger partial charge in [-0.05, 0) is 55.5 Å². The minimum Gasteiger partial charge on any atom is -0.481 e. The third-order valence-electron chi connectivity index (χ3n) is 4.01. The lowest BCUT2D eigenvalue weighted by molar-refractivity contribution is -0.122. The van der Waals surface area contributed by atoms with Crippen LogP contribution in [0.2, 0.25) is 0 Å². The summed E-state index contributed by atoms with van der Waals surface area (Å²) in [4.78, 5) is 14.6. The van der Waals surface area contributed by atoms with Crippen LogP contribution in [0.3, 0.4) is 0 Å². The van der Waals surface area contributed by atoms with Crippen molar-refractivity contribution in [3.05, 3.63) is 53.0 Å². The van der Waals surface area contributed by atoms with Crippen molar-refractivity contribution < 1.29 is 14.3 Å². The van der Waals surface area contributed by atoms with E-state index in [1.54, 1.807) is 6.92 Å². The molecule has 0 saturated carbocycles. The van der Waals surface area contributed by atoms with E-state index >= 15 is 0 Å². The predicted molar refractivity (Wildman–Crippen MR) is 102 cm³/mol. The van der Waals surface area contributed by atoms with Crippen LogP contribution in [0.5, 0.6) is 5.75 Å². The molecule has 0 aliphatic carbocycles. The zero-order valence-electron chi connectivity index (χ0n) is 14.1. The molecule has 1 fully saturated rings. The molecule has 3 rings (SSSR count). The second kappa shape index (κ2) is 8.36. The molecule has 1 atom stereocenters. The molecule has 2 aromatic carbocycles. The lowest BCUT2D eigenvalue weighted by atomic mass is 10.2. The Bertz CT molecular complexity index is 698. The summed E-state index contributed by atoms with van der Waals surface area (Å²) >= 11 is 3.37. The van der Waals surface area contributed by atoms with Gasteiger partial charge in [0.25, 0.3) is 5.91 Å². The molecule has 1 aliphatic rings. The maximum absolute atomic E-state index is 12.3. The van der Waals surface area contributed by atoms with Crippen molar-refractivity contribution >= 4 is 33.2 Å². The molecule has 0 bridgehead atoms. The van der Waals surface area contributed by atoms with Crippen molar-refractivity contribution in [2.45, 2.75) is 13.0 Å². The Hall–Kier alpha value is -2.05. The van der Waals surface area contributed by atoms with Crippen LogP contribution in [-0.4, -0.2) is 38.3 Å². The number of ether oxygens (including phenoxy) is 2. The molecular formula is C19H21BrN2O3. The summed E-state index contributed by atoms with van der Waals surface area (Å²) in [7, 11) is 0. The number of benzene rings is 2. The number of nitrogens with zero attached hydrogens (tertiary/aromatic N) is 1. The Kier molecular flexibility index (Phi) is 5.94. The van der Waals surface area contributed by atoms with Gasteiger partial charge in [-0.3, -0.25) is 4.79 Å². The fourth-order valence-corrected chi connectivity index (χ4v) is 2.86. The molecule has 0 spiro atoms. The van der Waals surface area contributed by atoms with Gasteiger partial charge in [0.1, 0.15) is 5.75 Å². The van der Waals surface area contributed by atoms with E-state index in [4.69, 9.17) is 9.47 Å². The van der Waals surface area contributed by atoms with Crippen molar-refractivity contribution in [3.63, 3.8) is 0 Å². The SMILES string of the molecule is C[C@H](Oc1ccc(Br)cc1)C(=O)Nc1ccc(N2CCOCC2)cc1. The van der Waals surface area contributed by atoms with Gasteiger partial charge in [-0.1, -0.05) is 15.9 Å². The quantitative estimate of drug-likeness (QED) is 0.825. The van der Waals surface area contributed by atoms with E-state index in [0.717, 1.165) is 42.2 Å². The first-order chi connectivity index (χ1) is 12.1. The summed E-state index contributed by atoms with van der Waals surface area (Å²) in [6.07, 6.45) is -0.583. The summed E-state index contributed by atoms with van der Waals surface area (Å²) in [6, 6.07) is 15.3. The first-order valence-corrected chi connectivity index (χ1v) is 9.07. The predicted octanol–water partition coefficient (Wildman–Crippen LogP) is 3.69. The van der Waals surface area contributed by atoms with Crippen LogP contribution in [0.15, 0.2) is 53.0 Å². The molecule has 5 nitrogen and oxygen atoms in total. The Morgan fingerprint density at radius 3 is 2.40 bits per heavy atom. The molecule has 1 heterocycles. The zero-order valence-corrected chi connectivity index (χ0v) is 15.7. The van der Waals surface area contributed by atoms with Crippen LogP contribution >= 0.6 is 15.9 Å². The first-order valence-electron chi connectivity index (χ1n) is 8.28. The van der Waals surface area contributed by atoms with Gasteiger partial charge >= 0.3 is 0 Å². The molecule has 6 heteroatoms. The molecule has 0 aromatic heterocycles. The van der Waals surface area contributed by atoms with Crippen LogP contribution in [0, 0.1) is 0 Å². The topological polar surface area (TPSA) is 50.8 Å². The Morgan fingerprint density at radius 2 is 1.76 bits per heavy atom. The number of carbonyl (C=O) groups excluding carboxylic acids is 1. The molecule has 25 heavy (non-hydrogen) atoms. The normalized spacial score (nSPS) is 15.5. The molecule has 132 valence electrons. The van der Waals surface area contributed by atoms with Gasteiger partial charge in [0, 0.05) is 28.9 Å². The fourth-order valence-electron chi connectivity index (χ4n) is 2.59. The molecule has 1 aliphatic heterocycles. The monoisotopic (exact) mass is 404 g/mol. The van der Waals surface area contributed by atoms with Crippen molar-refractivity contribution in [2.75, 3.05) is 36.5 Å². The van der Waals surface area contributed by atoms with Crippen LogP contribution in [-0.2, 0) is 9.53 Å². The number of anilines is 2. The zero-order chi connectivity index (χ0) is 17.6. The number of amides is 1. The molecule has 0 unspecified atom stereocenters. The van der Waals surface area contributed by atoms with Gasteiger partial charge in [0.05, 0.1) is 13.2 Å². The maximum atomic E-state index is 12.3. The lowest BCUT2D eigenvalue weighted by Gasteiger charge is -2.29. The Labute approximate surface area is 156 Å². The second-order valence-electron chi connectivity index (χ2n) is 5.85. The molecule has 0 radical (unpaired) electrons. The van der Waals surface area contributed by atoms with E-state index in [9.17, 15) is 4.79 Å². The maximum Gasteiger partial charge on any atom is 0.265 e. The van der Waals surface area contributed by atoms with Gasteiger partial charge in [0.15, 0.2) is 6.10 Å². The molecular weight excluding hydrogens is 384 g/mol. The van der Waals surface area contributed by atoms with E-state index in [-0.39, 0.29) is 5.91 Å². The number of morpholine rings is 1. The summed E-state index contributed by atoms with van der Waals surface area (Å²) < 4.78 is 12.0. The van der Waals surface area contributed by atoms with E-state index in [2.05, 4.69) is 26.1 Å². The largest absolute Gasteiger partial charge is 0.481 e. The summed E-state index contributed by atoms with van der Waals surface area (Å²) in [5.74, 6) is 0.482. The highest BCUT2D eigenvalue weighted by molar-refractivity contribution is 9.10. The van der Waals surface area contributed by atoms with Crippen LogP contribution < -0.4 is 15.0 Å². The van der Waals surface area contributed by atoms with Gasteiger partial charge in [-0.25, -0.2) is 0 Å². The van der Waals surface area contributed by atoms with E-state index < -0.39 is 6.10 Å². The fraction of sp³-hybridized carbons (Fsp3) is 0.316. The third kappa shape index (κ3) is 4.96. The number of carbonyl (C=O) groups is 1. The van der Waals surface area contributed by atoms with E-state index in [1.807, 2.05) is 48.5 Å². The molecule has 1 amide bonds. The van der Waals surface area contributed by atoms with Crippen LogP contribution in [0.25, 0.3) is 0 Å². The third-order valence-corrected chi connectivity index (χ3v) is 4.54. The lowest BCUT2D eigenvalue weighted by Crippen LogP contribution is -2.36. The van der Waals surface area contributed by atoms with Gasteiger partial charge in [0.2, 0.25) is 0 Å². The number of hydrogen-bond acceptors (Lipinski definition) is 4. The van der Waals surface area contributed by atoms with Crippen molar-refractivity contribution in [2.24, 2.45) is 0 Å². The first kappa shape index (κ1) is 17.8. The van der Waals surface area contributed by atoms with Gasteiger partial charge in [-0.15, -0.1) is 0 Å². The highest BCUT2D eigenvalue weighted by Crippen LogP contribution is 2.20. The average Bonchev–Trinajstić information content (AvgIpc) is 2.65. The van der Waals surface area contributed by atoms with Gasteiger partial charge < -0.3 is 19.7 Å². The van der Waals surface area contributed by atoms with E-state index in [1.165, 1.54) is 0 Å². The highest BCUT2D eigenvalue weighted by Gasteiger charge is 2.15. The minimum absolute atomic E-state index is 0.179. The summed E-state index contributed by atoms with van der Waals surface area (Å²) in [5.41, 5.74) is 1.90. The summed E-state index contributed by atoms with van der Waals surface area (Å²) in [6.45, 7) is 5.03. The number of rotatable bonds is 5. The number of hydrogen-bond donors (Lipinski definition) is 1. The average molecular weight is 405 g/mol. The minimum atomic E-state index is -0.583. The molecule has 1 N–H and O–H groups in total. The number of halogens is 1. The van der Waals surface area contributed by atoms with Crippen LogP contribution in [0.4, 0.5) is 11.4 Å². The van der Waals surface area contributed by atoms with Crippen molar-refractivity contribution in [3.8, 4) is 5.75 Å². The second-order valence-corrected chi connectivity index (χ2v) is 6.77. The standard InChI is InChI=1S/C19H21BrN2O3/c1-14(25-18-8-2-15(20)3-9-18)19(23)21-16-4-6-17(7-5-16)22-10-12-24-13-11-22/h2-9,14H,10-13H2,1H3,(H,21,23)/t14-/m0/s1. The number of nitrogens with one attached hydrogen (secondary N) is 1. The Balaban J connectivity index is 1.55.